The van der Waals surface area contributed by atoms with Crippen LogP contribution >= 0.6 is 0 Å². The van der Waals surface area contributed by atoms with Crippen LogP contribution in [-0.2, 0) is 27.0 Å². The number of nitrogens with zero attached hydrogens (tertiary/aromatic N) is 1. The summed E-state index contributed by atoms with van der Waals surface area (Å²) in [6.45, 7) is 5.61. The van der Waals surface area contributed by atoms with E-state index >= 15 is 0 Å². The van der Waals surface area contributed by atoms with E-state index in [1.807, 2.05) is 32.9 Å². The maximum absolute atomic E-state index is 13.7. The number of aliphatic hydroxyl groups excluding tert-OH is 1. The molecule has 1 aliphatic carbocycles. The number of aromatic nitrogens is 1. The number of hydrogen-bond acceptors (Lipinski definition) is 5. The molecule has 0 bridgehead atoms. The van der Waals surface area contributed by atoms with Gasteiger partial charge in [0.05, 0.1) is 23.2 Å². The first-order valence-electron chi connectivity index (χ1n) is 11.6. The minimum absolute atomic E-state index is 0.0879. The van der Waals surface area contributed by atoms with E-state index in [1.54, 1.807) is 22.8 Å². The first kappa shape index (κ1) is 24.1. The highest BCUT2D eigenvalue weighted by Crippen LogP contribution is 2.53. The first-order chi connectivity index (χ1) is 16.8. The van der Waals surface area contributed by atoms with Gasteiger partial charge in [-0.25, -0.2) is 4.79 Å². The second-order valence-corrected chi connectivity index (χ2v) is 10.3. The summed E-state index contributed by atoms with van der Waals surface area (Å²) in [5, 5.41) is 23.2. The molecule has 1 aliphatic heterocycles. The van der Waals surface area contributed by atoms with E-state index in [4.69, 9.17) is 0 Å². The van der Waals surface area contributed by atoms with Crippen molar-refractivity contribution >= 4 is 28.5 Å². The number of nitrogens with one attached hydrogen (secondary N) is 1. The van der Waals surface area contributed by atoms with Gasteiger partial charge in [-0.15, -0.1) is 8.78 Å². The van der Waals surface area contributed by atoms with Crippen LogP contribution in [0.15, 0.2) is 42.5 Å². The molecule has 1 saturated carbocycles. The second kappa shape index (κ2) is 7.92. The Morgan fingerprint density at radius 2 is 1.78 bits per heavy atom. The minimum atomic E-state index is -3.75. The molecule has 1 fully saturated rings. The highest BCUT2D eigenvalue weighted by Gasteiger charge is 2.53. The Bertz CT molecular complexity index is 1390. The van der Waals surface area contributed by atoms with Crippen molar-refractivity contribution in [2.24, 2.45) is 0 Å². The number of alkyl halides is 2. The molecule has 5 rings (SSSR count). The van der Waals surface area contributed by atoms with Gasteiger partial charge in [0, 0.05) is 16.5 Å². The summed E-state index contributed by atoms with van der Waals surface area (Å²) in [4.78, 5) is 25.1. The van der Waals surface area contributed by atoms with Crippen LogP contribution in [0, 0.1) is 0 Å². The Kier molecular flexibility index (Phi) is 5.29. The van der Waals surface area contributed by atoms with Crippen molar-refractivity contribution in [3.05, 3.63) is 53.7 Å². The smallest absolute Gasteiger partial charge is 0.479 e. The molecule has 2 heterocycles. The number of aliphatic hydroxyl groups is 1. The lowest BCUT2D eigenvalue weighted by Crippen LogP contribution is -2.31. The maximum atomic E-state index is 13.7. The van der Waals surface area contributed by atoms with E-state index < -0.39 is 29.2 Å². The first-order valence-corrected chi connectivity index (χ1v) is 11.6. The molecular weight excluding hydrogens is 474 g/mol. The Labute approximate surface area is 205 Å². The fourth-order valence-corrected chi connectivity index (χ4v) is 4.90. The summed E-state index contributed by atoms with van der Waals surface area (Å²) in [6.07, 6.45) is -4.33. The van der Waals surface area contributed by atoms with E-state index in [0.29, 0.717) is 40.7 Å². The van der Waals surface area contributed by atoms with Gasteiger partial charge in [-0.1, -0.05) is 45.0 Å². The van der Waals surface area contributed by atoms with Gasteiger partial charge >= 0.3 is 12.3 Å². The van der Waals surface area contributed by atoms with Crippen molar-refractivity contribution in [1.29, 1.82) is 0 Å². The highest BCUT2D eigenvalue weighted by molar-refractivity contribution is 6.08. The van der Waals surface area contributed by atoms with E-state index in [-0.39, 0.29) is 24.0 Å². The summed E-state index contributed by atoms with van der Waals surface area (Å²) in [5.41, 5.74) is 0.962. The molecule has 36 heavy (non-hydrogen) atoms. The van der Waals surface area contributed by atoms with Gasteiger partial charge in [0.25, 0.3) is 0 Å². The number of carbonyl (C=O) groups excluding carboxylic acids is 1. The Balaban J connectivity index is 1.55. The molecule has 2 aliphatic rings. The number of carbonyl (C=O) groups is 2. The number of para-hydroxylation sites is 1. The zero-order chi connectivity index (χ0) is 26.0. The number of benzene rings is 2. The third-order valence-corrected chi connectivity index (χ3v) is 6.70. The molecule has 3 N–H and O–H groups in total. The number of halogens is 2. The predicted molar refractivity (Wildman–Crippen MR) is 126 cm³/mol. The number of fused-ring (bicyclic) bond motifs is 2. The number of amides is 1. The Hall–Kier alpha value is -3.66. The quantitative estimate of drug-likeness (QED) is 0.464. The summed E-state index contributed by atoms with van der Waals surface area (Å²) >= 11 is 0. The molecular formula is C26H26F2N2O6. The van der Waals surface area contributed by atoms with E-state index in [9.17, 15) is 28.6 Å². The molecule has 1 aromatic heterocycles. The molecule has 8 nitrogen and oxygen atoms in total. The van der Waals surface area contributed by atoms with Crippen molar-refractivity contribution in [1.82, 2.24) is 4.57 Å². The lowest BCUT2D eigenvalue weighted by atomic mass is 9.89. The van der Waals surface area contributed by atoms with Crippen molar-refractivity contribution in [3.63, 3.8) is 0 Å². The number of carboxylic acid groups (broad SMARTS) is 1. The van der Waals surface area contributed by atoms with Crippen LogP contribution in [-0.4, -0.2) is 39.1 Å². The normalized spacial score (nSPS) is 18.2. The molecule has 0 radical (unpaired) electrons. The average molecular weight is 500 g/mol. The van der Waals surface area contributed by atoms with Crippen LogP contribution in [0.2, 0.25) is 0 Å². The van der Waals surface area contributed by atoms with Crippen molar-refractivity contribution in [3.8, 4) is 11.5 Å². The lowest BCUT2D eigenvalue weighted by molar-refractivity contribution is -0.286. The molecule has 2 aromatic carbocycles. The van der Waals surface area contributed by atoms with Gasteiger partial charge in [-0.3, -0.25) is 4.79 Å². The monoisotopic (exact) mass is 500 g/mol. The average Bonchev–Trinajstić information content (AvgIpc) is 3.46. The molecule has 10 heteroatoms. The SMILES string of the molecule is CC(C)(C)c1c(NC(=O)C2(c3ccc4c(c3)OC(F)(F)O4)CC2)c2ccccc2n1C[C@H](O)C(=O)O. The standard InChI is InChI=1S/C26H26F2N2O6/c1-24(2,3)21-20(15-6-4-5-7-16(15)30(21)13-17(31)22(32)33)29-23(34)25(10-11-25)14-8-9-18-19(12-14)36-26(27,28)35-18/h4-9,12,17,31H,10-11,13H2,1-3H3,(H,29,34)(H,32,33)/t17-/m0/s1. The van der Waals surface area contributed by atoms with Crippen LogP contribution in [0.3, 0.4) is 0 Å². The molecule has 190 valence electrons. The summed E-state index contributed by atoms with van der Waals surface area (Å²) in [7, 11) is 0. The Morgan fingerprint density at radius 3 is 2.42 bits per heavy atom. The highest BCUT2D eigenvalue weighted by atomic mass is 19.3. The number of aliphatic carboxylic acids is 1. The molecule has 3 aromatic rings. The fourth-order valence-electron chi connectivity index (χ4n) is 4.90. The van der Waals surface area contributed by atoms with Crippen LogP contribution in [0.5, 0.6) is 11.5 Å². The van der Waals surface area contributed by atoms with E-state index in [1.165, 1.54) is 12.1 Å². The molecule has 1 amide bonds. The van der Waals surface area contributed by atoms with E-state index in [2.05, 4.69) is 14.8 Å². The van der Waals surface area contributed by atoms with Crippen LogP contribution in [0.1, 0.15) is 44.9 Å². The van der Waals surface area contributed by atoms with Crippen LogP contribution < -0.4 is 14.8 Å². The predicted octanol–water partition coefficient (Wildman–Crippen LogP) is 4.38. The number of ether oxygens (including phenoxy) is 2. The molecule has 0 saturated heterocycles. The van der Waals surface area contributed by atoms with Gasteiger partial charge in [0.15, 0.2) is 17.6 Å². The number of carboxylic acids is 1. The molecule has 0 spiro atoms. The fraction of sp³-hybridized carbons (Fsp3) is 0.385. The zero-order valence-electron chi connectivity index (χ0n) is 20.0. The van der Waals surface area contributed by atoms with Gasteiger partial charge in [0.2, 0.25) is 5.91 Å². The van der Waals surface area contributed by atoms with Gasteiger partial charge in [0.1, 0.15) is 0 Å². The van der Waals surface area contributed by atoms with Crippen LogP contribution in [0.25, 0.3) is 10.9 Å². The number of hydrogen-bond donors (Lipinski definition) is 3. The summed E-state index contributed by atoms with van der Waals surface area (Å²) < 4.78 is 37.8. The van der Waals surface area contributed by atoms with Crippen molar-refractivity contribution < 1.29 is 38.1 Å². The van der Waals surface area contributed by atoms with E-state index in [0.717, 1.165) is 0 Å². The molecule has 1 atom stereocenters. The van der Waals surface area contributed by atoms with Gasteiger partial charge < -0.3 is 29.6 Å². The third kappa shape index (κ3) is 3.95. The third-order valence-electron chi connectivity index (χ3n) is 6.70. The van der Waals surface area contributed by atoms with Crippen molar-refractivity contribution in [2.75, 3.05) is 5.32 Å². The van der Waals surface area contributed by atoms with Crippen molar-refractivity contribution in [2.45, 2.75) is 63.4 Å². The minimum Gasteiger partial charge on any atom is -0.479 e. The zero-order valence-corrected chi connectivity index (χ0v) is 20.0. The van der Waals surface area contributed by atoms with Gasteiger partial charge in [-0.05, 0) is 36.6 Å². The molecule has 0 unspecified atom stereocenters. The Morgan fingerprint density at radius 1 is 1.11 bits per heavy atom. The number of anilines is 1. The largest absolute Gasteiger partial charge is 0.586 e. The summed E-state index contributed by atoms with van der Waals surface area (Å²) in [5.74, 6) is -1.86. The lowest BCUT2D eigenvalue weighted by Gasteiger charge is -2.26. The van der Waals surface area contributed by atoms with Crippen LogP contribution in [0.4, 0.5) is 14.5 Å². The number of rotatable bonds is 6. The second-order valence-electron chi connectivity index (χ2n) is 10.3. The topological polar surface area (TPSA) is 110 Å². The van der Waals surface area contributed by atoms with Gasteiger partial charge in [-0.2, -0.15) is 0 Å². The maximum Gasteiger partial charge on any atom is 0.586 e. The summed E-state index contributed by atoms with van der Waals surface area (Å²) in [6, 6.07) is 11.6.